The first kappa shape index (κ1) is 16.4. The summed E-state index contributed by atoms with van der Waals surface area (Å²) in [5, 5.41) is 3.06. The third kappa shape index (κ3) is 2.85. The summed E-state index contributed by atoms with van der Waals surface area (Å²) in [6.07, 6.45) is 5.31. The van der Waals surface area contributed by atoms with Crippen LogP contribution >= 0.6 is 0 Å². The number of nitrogens with one attached hydrogen (secondary N) is 1. The summed E-state index contributed by atoms with van der Waals surface area (Å²) in [5.74, 6) is 2.03. The smallest absolute Gasteiger partial charge is 0.226 e. The third-order valence-corrected chi connectivity index (χ3v) is 6.88. The molecule has 1 N–H and O–H groups in total. The van der Waals surface area contributed by atoms with Gasteiger partial charge in [-0.3, -0.25) is 9.59 Å². The molecule has 4 rings (SSSR count). The summed E-state index contributed by atoms with van der Waals surface area (Å²) in [6, 6.07) is 0.218. The van der Waals surface area contributed by atoms with Crippen molar-refractivity contribution < 1.29 is 14.3 Å². The molecule has 4 aliphatic rings. The van der Waals surface area contributed by atoms with E-state index in [0.29, 0.717) is 23.2 Å². The number of ether oxygens (including phenoxy) is 1. The molecule has 0 aromatic carbocycles. The molecule has 0 radical (unpaired) electrons. The van der Waals surface area contributed by atoms with E-state index in [1.807, 2.05) is 13.8 Å². The molecule has 2 amide bonds. The Morgan fingerprint density at radius 3 is 2.42 bits per heavy atom. The fourth-order valence-electron chi connectivity index (χ4n) is 5.31. The number of carbonyl (C=O) groups is 2. The first-order chi connectivity index (χ1) is 11.5. The minimum atomic E-state index is 0.176. The van der Waals surface area contributed by atoms with E-state index in [4.69, 9.17) is 4.74 Å². The van der Waals surface area contributed by atoms with Crippen molar-refractivity contribution in [3.8, 4) is 0 Å². The molecule has 0 aromatic heterocycles. The van der Waals surface area contributed by atoms with E-state index in [-0.39, 0.29) is 23.8 Å². The van der Waals surface area contributed by atoms with Gasteiger partial charge in [-0.25, -0.2) is 0 Å². The average Bonchev–Trinajstić information content (AvgIpc) is 2.89. The zero-order chi connectivity index (χ0) is 16.9. The Labute approximate surface area is 144 Å². The standard InChI is InChI=1S/C19H30N2O3/c1-12(2)20-17(22)13-3-4-19(9-13)5-7-21(8-6-19)18(23)16-14-10-24-11-15(14)16/h12-16H,3-11H2,1-2H3,(H,20,22)/t13?,14-,15+,16?. The molecule has 2 heterocycles. The Morgan fingerprint density at radius 1 is 1.12 bits per heavy atom. The van der Waals surface area contributed by atoms with Crippen molar-refractivity contribution in [3.63, 3.8) is 0 Å². The molecular formula is C19H30N2O3. The number of rotatable bonds is 3. The maximum atomic E-state index is 12.7. The Hall–Kier alpha value is -1.10. The molecule has 4 fully saturated rings. The van der Waals surface area contributed by atoms with Gasteiger partial charge in [0.1, 0.15) is 0 Å². The minimum Gasteiger partial charge on any atom is -0.381 e. The monoisotopic (exact) mass is 334 g/mol. The maximum absolute atomic E-state index is 12.7. The Kier molecular flexibility index (Phi) is 4.10. The van der Waals surface area contributed by atoms with Crippen LogP contribution in [0.3, 0.4) is 0 Å². The van der Waals surface area contributed by atoms with Crippen molar-refractivity contribution in [3.05, 3.63) is 0 Å². The number of piperidine rings is 1. The van der Waals surface area contributed by atoms with Crippen LogP contribution in [0.25, 0.3) is 0 Å². The van der Waals surface area contributed by atoms with E-state index in [1.165, 1.54) is 0 Å². The Balaban J connectivity index is 1.28. The first-order valence-corrected chi connectivity index (χ1v) is 9.66. The molecule has 4 atom stereocenters. The number of hydrogen-bond donors (Lipinski definition) is 1. The second-order valence-electron chi connectivity index (χ2n) is 8.82. The van der Waals surface area contributed by atoms with E-state index < -0.39 is 0 Å². The van der Waals surface area contributed by atoms with E-state index in [1.54, 1.807) is 0 Å². The molecule has 2 unspecified atom stereocenters. The molecule has 5 heteroatoms. The van der Waals surface area contributed by atoms with Gasteiger partial charge in [-0.15, -0.1) is 0 Å². The number of likely N-dealkylation sites (tertiary alicyclic amines) is 1. The molecule has 0 bridgehead atoms. The Morgan fingerprint density at radius 2 is 1.79 bits per heavy atom. The SMILES string of the molecule is CC(C)NC(=O)C1CCC2(CCN(C(=O)C3[C@H]4COC[C@@H]34)CC2)C1. The van der Waals surface area contributed by atoms with Crippen molar-refractivity contribution in [2.75, 3.05) is 26.3 Å². The second kappa shape index (κ2) is 6.01. The lowest BCUT2D eigenvalue weighted by Crippen LogP contribution is -2.44. The van der Waals surface area contributed by atoms with E-state index in [2.05, 4.69) is 10.2 Å². The summed E-state index contributed by atoms with van der Waals surface area (Å²) < 4.78 is 5.40. The van der Waals surface area contributed by atoms with Crippen LogP contribution in [0.1, 0.15) is 46.0 Å². The summed E-state index contributed by atoms with van der Waals surface area (Å²) >= 11 is 0. The van der Waals surface area contributed by atoms with Crippen molar-refractivity contribution in [2.45, 2.75) is 52.0 Å². The van der Waals surface area contributed by atoms with Gasteiger partial charge in [0.05, 0.1) is 13.2 Å². The van der Waals surface area contributed by atoms with Gasteiger partial charge in [0.25, 0.3) is 0 Å². The van der Waals surface area contributed by atoms with Gasteiger partial charge in [0.15, 0.2) is 0 Å². The van der Waals surface area contributed by atoms with Crippen molar-refractivity contribution in [1.29, 1.82) is 0 Å². The predicted molar refractivity (Wildman–Crippen MR) is 90.2 cm³/mol. The lowest BCUT2D eigenvalue weighted by atomic mass is 9.76. The highest BCUT2D eigenvalue weighted by atomic mass is 16.5. The molecule has 0 aromatic rings. The van der Waals surface area contributed by atoms with Crippen LogP contribution in [-0.4, -0.2) is 49.1 Å². The minimum absolute atomic E-state index is 0.176. The highest BCUT2D eigenvalue weighted by molar-refractivity contribution is 5.83. The van der Waals surface area contributed by atoms with Crippen molar-refractivity contribution in [2.24, 2.45) is 29.1 Å². The van der Waals surface area contributed by atoms with Gasteiger partial charge in [-0.1, -0.05) is 0 Å². The van der Waals surface area contributed by atoms with E-state index >= 15 is 0 Å². The van der Waals surface area contributed by atoms with Crippen LogP contribution in [-0.2, 0) is 14.3 Å². The molecule has 24 heavy (non-hydrogen) atoms. The number of hydrogen-bond acceptors (Lipinski definition) is 3. The normalized spacial score (nSPS) is 36.9. The lowest BCUT2D eigenvalue weighted by Gasteiger charge is -2.40. The fraction of sp³-hybridized carbons (Fsp3) is 0.895. The van der Waals surface area contributed by atoms with Crippen LogP contribution in [0.4, 0.5) is 0 Å². The van der Waals surface area contributed by atoms with Crippen LogP contribution in [0.15, 0.2) is 0 Å². The van der Waals surface area contributed by atoms with Crippen LogP contribution < -0.4 is 5.32 Å². The average molecular weight is 334 g/mol. The molecular weight excluding hydrogens is 304 g/mol. The number of nitrogens with zero attached hydrogens (tertiary/aromatic N) is 1. The quantitative estimate of drug-likeness (QED) is 0.856. The molecule has 2 aliphatic heterocycles. The fourth-order valence-corrected chi connectivity index (χ4v) is 5.31. The van der Waals surface area contributed by atoms with E-state index in [9.17, 15) is 9.59 Å². The number of carbonyl (C=O) groups excluding carboxylic acids is 2. The highest BCUT2D eigenvalue weighted by Gasteiger charge is 2.59. The van der Waals surface area contributed by atoms with Crippen LogP contribution in [0.2, 0.25) is 0 Å². The maximum Gasteiger partial charge on any atom is 0.226 e. The molecule has 2 saturated heterocycles. The summed E-state index contributed by atoms with van der Waals surface area (Å²) in [5.41, 5.74) is 0.304. The molecule has 2 saturated carbocycles. The van der Waals surface area contributed by atoms with Crippen LogP contribution in [0.5, 0.6) is 0 Å². The summed E-state index contributed by atoms with van der Waals surface area (Å²) in [7, 11) is 0. The summed E-state index contributed by atoms with van der Waals surface area (Å²) in [6.45, 7) is 7.37. The zero-order valence-corrected chi connectivity index (χ0v) is 14.9. The molecule has 2 aliphatic carbocycles. The van der Waals surface area contributed by atoms with Gasteiger partial charge in [-0.05, 0) is 63.2 Å². The van der Waals surface area contributed by atoms with Gasteiger partial charge in [-0.2, -0.15) is 0 Å². The highest BCUT2D eigenvalue weighted by Crippen LogP contribution is 2.53. The second-order valence-corrected chi connectivity index (χ2v) is 8.82. The lowest BCUT2D eigenvalue weighted by molar-refractivity contribution is -0.136. The zero-order valence-electron chi connectivity index (χ0n) is 14.9. The molecule has 1 spiro atoms. The topological polar surface area (TPSA) is 58.6 Å². The number of fused-ring (bicyclic) bond motifs is 1. The van der Waals surface area contributed by atoms with Crippen molar-refractivity contribution >= 4 is 11.8 Å². The Bertz CT molecular complexity index is 515. The van der Waals surface area contributed by atoms with Crippen molar-refractivity contribution in [1.82, 2.24) is 10.2 Å². The molecule has 134 valence electrons. The van der Waals surface area contributed by atoms with Gasteiger partial charge in [0, 0.05) is 31.0 Å². The van der Waals surface area contributed by atoms with Crippen LogP contribution in [0, 0.1) is 29.1 Å². The predicted octanol–water partition coefficient (Wildman–Crippen LogP) is 1.81. The number of amides is 2. The summed E-state index contributed by atoms with van der Waals surface area (Å²) in [4.78, 5) is 27.0. The molecule has 5 nitrogen and oxygen atoms in total. The third-order valence-electron chi connectivity index (χ3n) is 6.88. The first-order valence-electron chi connectivity index (χ1n) is 9.66. The van der Waals surface area contributed by atoms with Gasteiger partial charge >= 0.3 is 0 Å². The largest absolute Gasteiger partial charge is 0.381 e. The van der Waals surface area contributed by atoms with Gasteiger partial charge < -0.3 is 15.0 Å². The van der Waals surface area contributed by atoms with Gasteiger partial charge in [0.2, 0.25) is 11.8 Å². The van der Waals surface area contributed by atoms with E-state index in [0.717, 1.165) is 58.4 Å².